The molecule has 0 aliphatic carbocycles. The van der Waals surface area contributed by atoms with Gasteiger partial charge in [-0.25, -0.2) is 4.98 Å². The normalized spacial score (nSPS) is 32.1. The van der Waals surface area contributed by atoms with Crippen molar-refractivity contribution in [3.05, 3.63) is 24.8 Å². The molecule has 2 saturated heterocycles. The SMILES string of the molecule is c1cc2c(cn1)ncn2[C@@H]1C[C@H]2CC[C@@H](C1)N2. The van der Waals surface area contributed by atoms with Gasteiger partial charge >= 0.3 is 0 Å². The van der Waals surface area contributed by atoms with Gasteiger partial charge in [0.2, 0.25) is 0 Å². The Labute approximate surface area is 100 Å². The number of hydrogen-bond acceptors (Lipinski definition) is 3. The number of nitrogens with zero attached hydrogens (tertiary/aromatic N) is 3. The van der Waals surface area contributed by atoms with Crippen molar-refractivity contribution in [1.29, 1.82) is 0 Å². The Morgan fingerprint density at radius 2 is 2.06 bits per heavy atom. The van der Waals surface area contributed by atoms with E-state index in [1.807, 2.05) is 18.7 Å². The highest BCUT2D eigenvalue weighted by Gasteiger charge is 2.34. The van der Waals surface area contributed by atoms with Crippen LogP contribution in [-0.4, -0.2) is 26.6 Å². The molecular formula is C13H16N4. The second-order valence-corrected chi connectivity index (χ2v) is 5.28. The Morgan fingerprint density at radius 1 is 1.24 bits per heavy atom. The van der Waals surface area contributed by atoms with Gasteiger partial charge in [-0.05, 0) is 31.7 Å². The Kier molecular flexibility index (Phi) is 1.99. The second kappa shape index (κ2) is 3.53. The molecule has 0 unspecified atom stereocenters. The molecule has 4 heteroatoms. The summed E-state index contributed by atoms with van der Waals surface area (Å²) in [5, 5.41) is 3.68. The van der Waals surface area contributed by atoms with E-state index >= 15 is 0 Å². The lowest BCUT2D eigenvalue weighted by Crippen LogP contribution is -2.38. The van der Waals surface area contributed by atoms with Gasteiger partial charge in [-0.2, -0.15) is 0 Å². The number of nitrogens with one attached hydrogen (secondary N) is 1. The molecule has 2 fully saturated rings. The van der Waals surface area contributed by atoms with E-state index in [9.17, 15) is 0 Å². The molecule has 17 heavy (non-hydrogen) atoms. The summed E-state index contributed by atoms with van der Waals surface area (Å²) in [6.07, 6.45) is 10.9. The molecule has 2 aliphatic heterocycles. The molecule has 4 nitrogen and oxygen atoms in total. The zero-order valence-electron chi connectivity index (χ0n) is 9.71. The van der Waals surface area contributed by atoms with Gasteiger partial charge in [0.25, 0.3) is 0 Å². The quantitative estimate of drug-likeness (QED) is 0.810. The first-order valence-electron chi connectivity index (χ1n) is 6.43. The van der Waals surface area contributed by atoms with Crippen LogP contribution in [0.4, 0.5) is 0 Å². The van der Waals surface area contributed by atoms with Crippen molar-refractivity contribution >= 4 is 11.0 Å². The number of aromatic nitrogens is 3. The molecule has 4 heterocycles. The number of hydrogen-bond donors (Lipinski definition) is 1. The topological polar surface area (TPSA) is 42.7 Å². The molecule has 88 valence electrons. The third-order valence-electron chi connectivity index (χ3n) is 4.22. The summed E-state index contributed by atoms with van der Waals surface area (Å²) in [5.41, 5.74) is 2.24. The van der Waals surface area contributed by atoms with E-state index in [4.69, 9.17) is 0 Å². The van der Waals surface area contributed by atoms with Crippen LogP contribution in [0.5, 0.6) is 0 Å². The van der Waals surface area contributed by atoms with Crippen molar-refractivity contribution in [2.45, 2.75) is 43.8 Å². The highest BCUT2D eigenvalue weighted by molar-refractivity contribution is 5.73. The van der Waals surface area contributed by atoms with Gasteiger partial charge in [0, 0.05) is 24.3 Å². The molecule has 0 aromatic carbocycles. The summed E-state index contributed by atoms with van der Waals surface area (Å²) in [5.74, 6) is 0. The molecule has 0 spiro atoms. The van der Waals surface area contributed by atoms with E-state index in [1.54, 1.807) is 0 Å². The minimum absolute atomic E-state index is 0.612. The van der Waals surface area contributed by atoms with Crippen LogP contribution in [0.15, 0.2) is 24.8 Å². The Bertz CT molecular complexity index is 535. The van der Waals surface area contributed by atoms with Crippen molar-refractivity contribution in [3.8, 4) is 0 Å². The molecule has 1 N–H and O–H groups in total. The van der Waals surface area contributed by atoms with Crippen molar-refractivity contribution in [1.82, 2.24) is 19.9 Å². The fourth-order valence-electron chi connectivity index (χ4n) is 3.43. The van der Waals surface area contributed by atoms with E-state index in [2.05, 4.69) is 25.9 Å². The summed E-state index contributed by atoms with van der Waals surface area (Å²) in [6.45, 7) is 0. The predicted octanol–water partition coefficient (Wildman–Crippen LogP) is 1.89. The van der Waals surface area contributed by atoms with Gasteiger partial charge in [-0.15, -0.1) is 0 Å². The first-order chi connectivity index (χ1) is 8.40. The van der Waals surface area contributed by atoms with Crippen LogP contribution >= 0.6 is 0 Å². The number of fused-ring (bicyclic) bond motifs is 3. The largest absolute Gasteiger partial charge is 0.327 e. The predicted molar refractivity (Wildman–Crippen MR) is 65.7 cm³/mol. The fourth-order valence-corrected chi connectivity index (χ4v) is 3.43. The molecule has 0 amide bonds. The van der Waals surface area contributed by atoms with E-state index in [-0.39, 0.29) is 0 Å². The zero-order chi connectivity index (χ0) is 11.2. The molecule has 2 aromatic heterocycles. The minimum Gasteiger partial charge on any atom is -0.327 e. The number of rotatable bonds is 1. The lowest BCUT2D eigenvalue weighted by molar-refractivity contribution is 0.303. The van der Waals surface area contributed by atoms with E-state index in [0.29, 0.717) is 6.04 Å². The van der Waals surface area contributed by atoms with Crippen molar-refractivity contribution in [2.75, 3.05) is 0 Å². The smallest absolute Gasteiger partial charge is 0.107 e. The van der Waals surface area contributed by atoms with Gasteiger partial charge < -0.3 is 9.88 Å². The molecule has 2 bridgehead atoms. The van der Waals surface area contributed by atoms with Crippen LogP contribution in [0.2, 0.25) is 0 Å². The molecule has 3 atom stereocenters. The average molecular weight is 228 g/mol. The van der Waals surface area contributed by atoms with Gasteiger partial charge in [-0.3, -0.25) is 4.98 Å². The van der Waals surface area contributed by atoms with Crippen LogP contribution in [0.25, 0.3) is 11.0 Å². The van der Waals surface area contributed by atoms with Gasteiger partial charge in [-0.1, -0.05) is 0 Å². The summed E-state index contributed by atoms with van der Waals surface area (Å²) in [6, 6.07) is 4.13. The molecular weight excluding hydrogens is 212 g/mol. The maximum absolute atomic E-state index is 4.44. The Hall–Kier alpha value is -1.42. The minimum atomic E-state index is 0.612. The lowest BCUT2D eigenvalue weighted by atomic mass is 9.99. The summed E-state index contributed by atoms with van der Waals surface area (Å²) in [7, 11) is 0. The first kappa shape index (κ1) is 9.59. The summed E-state index contributed by atoms with van der Waals surface area (Å²) in [4.78, 5) is 8.57. The van der Waals surface area contributed by atoms with Crippen LogP contribution in [-0.2, 0) is 0 Å². The maximum Gasteiger partial charge on any atom is 0.107 e. The third kappa shape index (κ3) is 1.47. The van der Waals surface area contributed by atoms with E-state index in [1.165, 1.54) is 31.2 Å². The highest BCUT2D eigenvalue weighted by atomic mass is 15.1. The van der Waals surface area contributed by atoms with Gasteiger partial charge in [0.05, 0.1) is 18.0 Å². The lowest BCUT2D eigenvalue weighted by Gasteiger charge is -2.30. The average Bonchev–Trinajstić information content (AvgIpc) is 2.93. The van der Waals surface area contributed by atoms with Crippen molar-refractivity contribution in [3.63, 3.8) is 0 Å². The standard InChI is InChI=1S/C13H16N4/c1-2-10-6-11(5-9(1)16-10)17-8-15-12-7-14-4-3-13(12)17/h3-4,7-11,16H,1-2,5-6H2/t9-,10+,11-. The third-order valence-corrected chi connectivity index (χ3v) is 4.22. The molecule has 4 rings (SSSR count). The van der Waals surface area contributed by atoms with Crippen LogP contribution < -0.4 is 5.32 Å². The Morgan fingerprint density at radius 3 is 2.88 bits per heavy atom. The van der Waals surface area contributed by atoms with Crippen molar-refractivity contribution in [2.24, 2.45) is 0 Å². The van der Waals surface area contributed by atoms with E-state index < -0.39 is 0 Å². The first-order valence-corrected chi connectivity index (χ1v) is 6.43. The van der Waals surface area contributed by atoms with Crippen molar-refractivity contribution < 1.29 is 0 Å². The number of pyridine rings is 1. The van der Waals surface area contributed by atoms with Crippen LogP contribution in [0.3, 0.4) is 0 Å². The molecule has 0 saturated carbocycles. The van der Waals surface area contributed by atoms with Gasteiger partial charge in [0.1, 0.15) is 5.52 Å². The van der Waals surface area contributed by atoms with Gasteiger partial charge in [0.15, 0.2) is 0 Å². The summed E-state index contributed by atoms with van der Waals surface area (Å²) < 4.78 is 2.35. The van der Waals surface area contributed by atoms with Crippen LogP contribution in [0, 0.1) is 0 Å². The summed E-state index contributed by atoms with van der Waals surface area (Å²) >= 11 is 0. The van der Waals surface area contributed by atoms with Crippen LogP contribution in [0.1, 0.15) is 31.7 Å². The number of piperidine rings is 1. The fraction of sp³-hybridized carbons (Fsp3) is 0.538. The second-order valence-electron chi connectivity index (χ2n) is 5.28. The maximum atomic E-state index is 4.44. The Balaban J connectivity index is 1.74. The molecule has 2 aromatic rings. The zero-order valence-corrected chi connectivity index (χ0v) is 9.71. The molecule has 2 aliphatic rings. The molecule has 0 radical (unpaired) electrons. The van der Waals surface area contributed by atoms with E-state index in [0.717, 1.165) is 17.6 Å². The highest BCUT2D eigenvalue weighted by Crippen LogP contribution is 2.35. The monoisotopic (exact) mass is 228 g/mol. The number of imidazole rings is 1.